The van der Waals surface area contributed by atoms with Crippen molar-refractivity contribution in [3.8, 4) is 0 Å². The second-order valence-corrected chi connectivity index (χ2v) is 12.5. The summed E-state index contributed by atoms with van der Waals surface area (Å²) in [5, 5.41) is 0. The van der Waals surface area contributed by atoms with E-state index in [2.05, 4.69) is 6.92 Å². The van der Waals surface area contributed by atoms with Crippen molar-refractivity contribution in [1.29, 1.82) is 0 Å². The Bertz CT molecular complexity index is 688. The van der Waals surface area contributed by atoms with Crippen LogP contribution in [0.1, 0.15) is 117 Å². The third kappa shape index (κ3) is 26.5. The number of carbonyl (C=O) groups excluding carboxylic acids is 3. The van der Waals surface area contributed by atoms with Gasteiger partial charge in [-0.3, -0.25) is 4.79 Å². The standard InChI is InChI=1S/C32H64N3O6.HI/c1-8-9-10-11-12-13-14-15-16-17-18-19-20-21-22-23-26-39-27-30(41-31(37)33(3)4)28-40-32(38)34(29(2)36)24-25-35(5,6)7;/h30H,8-28H2,1-7H3;1H/q+1;/p-1. The molecule has 0 N–H and O–H groups in total. The molecule has 0 aromatic heterocycles. The minimum absolute atomic E-state index is 0. The van der Waals surface area contributed by atoms with Gasteiger partial charge < -0.3 is 47.6 Å². The lowest BCUT2D eigenvalue weighted by Crippen LogP contribution is -3.00. The number of amides is 3. The van der Waals surface area contributed by atoms with Crippen LogP contribution in [0.2, 0.25) is 0 Å². The van der Waals surface area contributed by atoms with Crippen LogP contribution in [0.15, 0.2) is 0 Å². The minimum atomic E-state index is -0.748. The first-order chi connectivity index (χ1) is 19.5. The number of ether oxygens (including phenoxy) is 3. The molecule has 0 saturated heterocycles. The highest BCUT2D eigenvalue weighted by Gasteiger charge is 2.25. The van der Waals surface area contributed by atoms with Crippen LogP contribution >= 0.6 is 0 Å². The van der Waals surface area contributed by atoms with Gasteiger partial charge in [-0.2, -0.15) is 0 Å². The number of carbonyl (C=O) groups is 3. The average Bonchev–Trinajstić information content (AvgIpc) is 2.89. The van der Waals surface area contributed by atoms with Crippen molar-refractivity contribution in [2.24, 2.45) is 0 Å². The topological polar surface area (TPSA) is 85.4 Å². The molecule has 0 heterocycles. The van der Waals surface area contributed by atoms with E-state index in [1.807, 2.05) is 21.1 Å². The highest BCUT2D eigenvalue weighted by Crippen LogP contribution is 2.14. The van der Waals surface area contributed by atoms with Gasteiger partial charge in [0.1, 0.15) is 6.61 Å². The Morgan fingerprint density at radius 3 is 1.55 bits per heavy atom. The monoisotopic (exact) mass is 713 g/mol. The molecular formula is C32H64IN3O6. The zero-order chi connectivity index (χ0) is 30.9. The number of unbranched alkanes of at least 4 members (excludes halogenated alkanes) is 15. The van der Waals surface area contributed by atoms with E-state index in [-0.39, 0.29) is 49.6 Å². The first kappa shape index (κ1) is 43.0. The van der Waals surface area contributed by atoms with Gasteiger partial charge in [0.05, 0.1) is 40.8 Å². The number of likely N-dealkylation sites (N-methyl/N-ethyl adjacent to an activating group) is 1. The fourth-order valence-corrected chi connectivity index (χ4v) is 4.35. The molecule has 0 aliphatic rings. The van der Waals surface area contributed by atoms with Gasteiger partial charge in [-0.05, 0) is 6.42 Å². The third-order valence-electron chi connectivity index (χ3n) is 7.07. The zero-order valence-corrected chi connectivity index (χ0v) is 30.3. The molecule has 10 heteroatoms. The van der Waals surface area contributed by atoms with Gasteiger partial charge in [0.2, 0.25) is 5.91 Å². The van der Waals surface area contributed by atoms with Gasteiger partial charge >= 0.3 is 12.2 Å². The Balaban J connectivity index is 0. The lowest BCUT2D eigenvalue weighted by atomic mass is 10.0. The van der Waals surface area contributed by atoms with Crippen molar-refractivity contribution < 1.29 is 57.1 Å². The molecule has 0 spiro atoms. The largest absolute Gasteiger partial charge is 1.00 e. The van der Waals surface area contributed by atoms with Crippen molar-refractivity contribution in [2.75, 3.05) is 68.1 Å². The molecular weight excluding hydrogens is 649 g/mol. The maximum Gasteiger partial charge on any atom is 0.416 e. The van der Waals surface area contributed by atoms with Gasteiger partial charge in [-0.25, -0.2) is 14.5 Å². The molecule has 42 heavy (non-hydrogen) atoms. The van der Waals surface area contributed by atoms with E-state index in [4.69, 9.17) is 14.2 Å². The molecule has 0 bridgehead atoms. The van der Waals surface area contributed by atoms with Crippen molar-refractivity contribution in [2.45, 2.75) is 123 Å². The quantitative estimate of drug-likeness (QED) is 0.0808. The number of rotatable bonds is 25. The molecule has 0 saturated carbocycles. The van der Waals surface area contributed by atoms with E-state index in [0.717, 1.165) is 17.7 Å². The number of quaternary nitrogens is 1. The maximum atomic E-state index is 12.6. The molecule has 0 aromatic rings. The average molecular weight is 714 g/mol. The Morgan fingerprint density at radius 1 is 0.690 bits per heavy atom. The number of nitrogens with zero attached hydrogens (tertiary/aromatic N) is 3. The summed E-state index contributed by atoms with van der Waals surface area (Å²) < 4.78 is 17.1. The predicted molar refractivity (Wildman–Crippen MR) is 166 cm³/mol. The molecule has 0 rings (SSSR count). The fourth-order valence-electron chi connectivity index (χ4n) is 4.35. The molecule has 0 aliphatic heterocycles. The summed E-state index contributed by atoms with van der Waals surface area (Å²) in [5.41, 5.74) is 0. The lowest BCUT2D eigenvalue weighted by Gasteiger charge is -2.27. The van der Waals surface area contributed by atoms with Gasteiger partial charge in [-0.1, -0.05) is 103 Å². The highest BCUT2D eigenvalue weighted by molar-refractivity contribution is 5.90. The predicted octanol–water partition coefficient (Wildman–Crippen LogP) is 4.03. The van der Waals surface area contributed by atoms with E-state index in [9.17, 15) is 14.4 Å². The Morgan fingerprint density at radius 2 is 1.14 bits per heavy atom. The van der Waals surface area contributed by atoms with Crippen molar-refractivity contribution in [3.63, 3.8) is 0 Å². The molecule has 0 fully saturated rings. The van der Waals surface area contributed by atoms with Crippen LogP contribution in [0.25, 0.3) is 0 Å². The number of hydrogen-bond acceptors (Lipinski definition) is 6. The molecule has 1 atom stereocenters. The number of halogens is 1. The third-order valence-corrected chi connectivity index (χ3v) is 7.07. The maximum absolute atomic E-state index is 12.6. The Labute approximate surface area is 275 Å². The number of imide groups is 1. The van der Waals surface area contributed by atoms with Crippen molar-refractivity contribution >= 4 is 18.1 Å². The molecule has 0 radical (unpaired) electrons. The zero-order valence-electron chi connectivity index (χ0n) is 28.1. The van der Waals surface area contributed by atoms with Crippen LogP contribution in [-0.4, -0.2) is 107 Å². The molecule has 250 valence electrons. The van der Waals surface area contributed by atoms with E-state index in [1.165, 1.54) is 102 Å². The first-order valence-corrected chi connectivity index (χ1v) is 16.2. The van der Waals surface area contributed by atoms with Gasteiger partial charge in [0, 0.05) is 27.6 Å². The van der Waals surface area contributed by atoms with Gasteiger partial charge in [0.25, 0.3) is 0 Å². The van der Waals surface area contributed by atoms with E-state index in [0.29, 0.717) is 17.6 Å². The summed E-state index contributed by atoms with van der Waals surface area (Å²) >= 11 is 0. The van der Waals surface area contributed by atoms with Crippen LogP contribution in [-0.2, 0) is 19.0 Å². The van der Waals surface area contributed by atoms with Crippen LogP contribution in [0.4, 0.5) is 9.59 Å². The first-order valence-electron chi connectivity index (χ1n) is 16.2. The smallest absolute Gasteiger partial charge is 0.416 e. The van der Waals surface area contributed by atoms with E-state index < -0.39 is 18.3 Å². The normalized spacial score (nSPS) is 11.9. The second-order valence-electron chi connectivity index (χ2n) is 12.5. The van der Waals surface area contributed by atoms with Crippen LogP contribution < -0.4 is 24.0 Å². The molecule has 9 nitrogen and oxygen atoms in total. The summed E-state index contributed by atoms with van der Waals surface area (Å²) in [5.74, 6) is -0.384. The summed E-state index contributed by atoms with van der Waals surface area (Å²) in [6.07, 6.45) is 19.0. The summed E-state index contributed by atoms with van der Waals surface area (Å²) in [6.45, 7) is 4.96. The highest BCUT2D eigenvalue weighted by atomic mass is 127. The molecule has 1 unspecified atom stereocenters. The van der Waals surface area contributed by atoms with Crippen LogP contribution in [0.5, 0.6) is 0 Å². The van der Waals surface area contributed by atoms with E-state index in [1.54, 1.807) is 14.1 Å². The van der Waals surface area contributed by atoms with Gasteiger partial charge in [0.15, 0.2) is 6.10 Å². The lowest BCUT2D eigenvalue weighted by molar-refractivity contribution is -0.869. The van der Waals surface area contributed by atoms with Crippen LogP contribution in [0.3, 0.4) is 0 Å². The van der Waals surface area contributed by atoms with Crippen molar-refractivity contribution in [1.82, 2.24) is 9.80 Å². The molecule has 0 aromatic carbocycles. The molecule has 0 aliphatic carbocycles. The Hall–Kier alpha value is -1.14. The van der Waals surface area contributed by atoms with Crippen molar-refractivity contribution in [3.05, 3.63) is 0 Å². The molecule has 3 amide bonds. The second kappa shape index (κ2) is 27.4. The summed E-state index contributed by atoms with van der Waals surface area (Å²) in [6, 6.07) is 0. The van der Waals surface area contributed by atoms with E-state index >= 15 is 0 Å². The number of hydrogen-bond donors (Lipinski definition) is 0. The van der Waals surface area contributed by atoms with Gasteiger partial charge in [-0.15, -0.1) is 0 Å². The summed E-state index contributed by atoms with van der Waals surface area (Å²) in [7, 11) is 9.13. The fraction of sp³-hybridized carbons (Fsp3) is 0.906. The SMILES string of the molecule is CCCCCCCCCCCCCCCCCCOCC(COC(=O)N(CC[N+](C)(C)C)C(C)=O)OC(=O)N(C)C.[I-]. The minimum Gasteiger partial charge on any atom is -1.00 e. The van der Waals surface area contributed by atoms with Crippen LogP contribution in [0, 0.1) is 0 Å². The summed E-state index contributed by atoms with van der Waals surface area (Å²) in [4.78, 5) is 39.0. The Kier molecular flexibility index (Phi) is 28.1.